The Morgan fingerprint density at radius 2 is 1.38 bits per heavy atom. The summed E-state index contributed by atoms with van der Waals surface area (Å²) in [6.07, 6.45) is 15.1. The monoisotopic (exact) mass is 438 g/mol. The highest BCUT2D eigenvalue weighted by atomic mass is 16.2. The second-order valence-electron chi connectivity index (χ2n) is 10.1. The average Bonchev–Trinajstić information content (AvgIpc) is 2.80. The van der Waals surface area contributed by atoms with E-state index in [0.29, 0.717) is 6.04 Å². The molecule has 0 amide bonds. The molecule has 2 aliphatic heterocycles. The van der Waals surface area contributed by atoms with Crippen LogP contribution in [0.4, 0.5) is 5.69 Å². The number of hydrogen-bond acceptors (Lipinski definition) is 4. The van der Waals surface area contributed by atoms with Crippen LogP contribution in [0.2, 0.25) is 0 Å². The van der Waals surface area contributed by atoms with Crippen LogP contribution in [-0.2, 0) is 0 Å². The first-order chi connectivity index (χ1) is 15.7. The fourth-order valence-electron chi connectivity index (χ4n) is 6.24. The van der Waals surface area contributed by atoms with Crippen molar-refractivity contribution in [2.75, 3.05) is 31.1 Å². The van der Waals surface area contributed by atoms with Crippen molar-refractivity contribution in [3.63, 3.8) is 0 Å². The molecule has 0 atom stereocenters. The Bertz CT molecular complexity index is 1020. The lowest BCUT2D eigenvalue weighted by Crippen LogP contribution is -2.45. The summed E-state index contributed by atoms with van der Waals surface area (Å²) >= 11 is 0. The lowest BCUT2D eigenvalue weighted by molar-refractivity contribution is 0.116. The molecule has 2 aromatic rings. The van der Waals surface area contributed by atoms with Crippen molar-refractivity contribution < 1.29 is 0 Å². The Morgan fingerprint density at radius 1 is 0.719 bits per heavy atom. The van der Waals surface area contributed by atoms with Gasteiger partial charge in [-0.2, -0.15) is 0 Å². The molecule has 2 saturated heterocycles. The largest absolute Gasteiger partial charge is 0.371 e. The molecule has 32 heavy (non-hydrogen) atoms. The standard InChI is InChI=1S/C26H38N4O2/c31-25-26(32)30(21-13-17-29(18-14-21)20-9-5-2-1-3-6-10-20)24-19-22(11-12-23(24)27-25)28-15-7-4-8-16-28/h11-12,19-21H,1-10,13-18H2,(H,27,31). The molecule has 0 spiro atoms. The topological polar surface area (TPSA) is 61.3 Å². The normalized spacial score (nSPS) is 22.7. The van der Waals surface area contributed by atoms with Gasteiger partial charge in [-0.15, -0.1) is 0 Å². The number of piperidine rings is 2. The van der Waals surface area contributed by atoms with Crippen LogP contribution in [0.15, 0.2) is 27.8 Å². The third-order valence-electron chi connectivity index (χ3n) is 8.08. The van der Waals surface area contributed by atoms with Crippen LogP contribution in [0.1, 0.15) is 83.1 Å². The Balaban J connectivity index is 1.40. The van der Waals surface area contributed by atoms with E-state index in [2.05, 4.69) is 26.9 Å². The van der Waals surface area contributed by atoms with E-state index in [0.717, 1.165) is 50.1 Å². The molecule has 6 nitrogen and oxygen atoms in total. The molecule has 0 radical (unpaired) electrons. The Hall–Kier alpha value is -2.08. The number of benzene rings is 1. The van der Waals surface area contributed by atoms with Gasteiger partial charge in [0.05, 0.1) is 11.0 Å². The summed E-state index contributed by atoms with van der Waals surface area (Å²) < 4.78 is 1.83. The summed E-state index contributed by atoms with van der Waals surface area (Å²) in [4.78, 5) is 33.4. The summed E-state index contributed by atoms with van der Waals surface area (Å²) in [5, 5.41) is 0. The number of nitrogens with zero attached hydrogens (tertiary/aromatic N) is 3. The molecule has 0 bridgehead atoms. The summed E-state index contributed by atoms with van der Waals surface area (Å²) in [5.74, 6) is 0. The molecule has 1 aliphatic carbocycles. The van der Waals surface area contributed by atoms with E-state index >= 15 is 0 Å². The number of aromatic nitrogens is 2. The van der Waals surface area contributed by atoms with Gasteiger partial charge >= 0.3 is 11.1 Å². The molecule has 3 heterocycles. The molecule has 174 valence electrons. The second-order valence-corrected chi connectivity index (χ2v) is 10.1. The Labute approximate surface area is 190 Å². The van der Waals surface area contributed by atoms with Gasteiger partial charge in [0.1, 0.15) is 0 Å². The summed E-state index contributed by atoms with van der Waals surface area (Å²) in [6.45, 7) is 4.20. The molecule has 1 N–H and O–H groups in total. The zero-order valence-electron chi connectivity index (χ0n) is 19.4. The van der Waals surface area contributed by atoms with Crippen molar-refractivity contribution >= 4 is 16.7 Å². The van der Waals surface area contributed by atoms with Gasteiger partial charge in [0.2, 0.25) is 0 Å². The lowest BCUT2D eigenvalue weighted by atomic mass is 9.93. The number of H-pyrrole nitrogens is 1. The minimum atomic E-state index is -0.495. The fourth-order valence-corrected chi connectivity index (χ4v) is 6.24. The smallest absolute Gasteiger partial charge is 0.316 e. The zero-order valence-corrected chi connectivity index (χ0v) is 19.4. The lowest BCUT2D eigenvalue weighted by Gasteiger charge is -2.39. The van der Waals surface area contributed by atoms with Crippen molar-refractivity contribution in [3.05, 3.63) is 38.9 Å². The van der Waals surface area contributed by atoms with Crippen molar-refractivity contribution in [3.8, 4) is 0 Å². The first kappa shape index (κ1) is 21.7. The number of rotatable bonds is 3. The number of nitrogens with one attached hydrogen (secondary N) is 1. The molecule has 1 aromatic heterocycles. The van der Waals surface area contributed by atoms with E-state index in [-0.39, 0.29) is 6.04 Å². The average molecular weight is 439 g/mol. The summed E-state index contributed by atoms with van der Waals surface area (Å²) in [5.41, 5.74) is 1.95. The van der Waals surface area contributed by atoms with Gasteiger partial charge < -0.3 is 14.8 Å². The SMILES string of the molecule is O=c1[nH]c2ccc(N3CCCCC3)cc2n(C2CCN(C3CCCCCCC3)CC2)c1=O. The van der Waals surface area contributed by atoms with Crippen molar-refractivity contribution in [2.45, 2.75) is 89.1 Å². The molecule has 3 aliphatic rings. The minimum Gasteiger partial charge on any atom is -0.371 e. The third-order valence-corrected chi connectivity index (χ3v) is 8.08. The number of anilines is 1. The van der Waals surface area contributed by atoms with E-state index in [9.17, 15) is 9.59 Å². The van der Waals surface area contributed by atoms with Crippen LogP contribution in [0.5, 0.6) is 0 Å². The maximum atomic E-state index is 13.0. The molecular weight excluding hydrogens is 400 g/mol. The van der Waals surface area contributed by atoms with E-state index in [1.807, 2.05) is 10.6 Å². The first-order valence-corrected chi connectivity index (χ1v) is 13.0. The van der Waals surface area contributed by atoms with Gasteiger partial charge in [0, 0.05) is 44.0 Å². The maximum Gasteiger partial charge on any atom is 0.316 e. The van der Waals surface area contributed by atoms with E-state index in [1.54, 1.807) is 0 Å². The number of hydrogen-bond donors (Lipinski definition) is 1. The van der Waals surface area contributed by atoms with Crippen molar-refractivity contribution in [2.24, 2.45) is 0 Å². The van der Waals surface area contributed by atoms with Gasteiger partial charge in [-0.3, -0.25) is 14.2 Å². The molecule has 5 rings (SSSR count). The van der Waals surface area contributed by atoms with Gasteiger partial charge in [-0.05, 0) is 63.1 Å². The van der Waals surface area contributed by atoms with E-state index in [1.165, 1.54) is 69.9 Å². The fraction of sp³-hybridized carbons (Fsp3) is 0.692. The molecule has 1 aromatic carbocycles. The van der Waals surface area contributed by atoms with Gasteiger partial charge in [-0.25, -0.2) is 0 Å². The van der Waals surface area contributed by atoms with Crippen molar-refractivity contribution in [1.29, 1.82) is 0 Å². The molecule has 1 saturated carbocycles. The van der Waals surface area contributed by atoms with Crippen LogP contribution in [0, 0.1) is 0 Å². The van der Waals surface area contributed by atoms with Gasteiger partial charge in [0.15, 0.2) is 0 Å². The number of fused-ring (bicyclic) bond motifs is 1. The highest BCUT2D eigenvalue weighted by molar-refractivity contribution is 5.79. The Morgan fingerprint density at radius 3 is 2.09 bits per heavy atom. The molecular formula is C26H38N4O2. The van der Waals surface area contributed by atoms with Crippen molar-refractivity contribution in [1.82, 2.24) is 14.5 Å². The highest BCUT2D eigenvalue weighted by Crippen LogP contribution is 2.30. The quantitative estimate of drug-likeness (QED) is 0.720. The maximum absolute atomic E-state index is 13.0. The summed E-state index contributed by atoms with van der Waals surface area (Å²) in [6, 6.07) is 7.03. The molecule has 3 fully saturated rings. The minimum absolute atomic E-state index is 0.105. The zero-order chi connectivity index (χ0) is 21.9. The molecule has 6 heteroatoms. The predicted molar refractivity (Wildman–Crippen MR) is 131 cm³/mol. The van der Waals surface area contributed by atoms with Crippen LogP contribution >= 0.6 is 0 Å². The van der Waals surface area contributed by atoms with E-state index < -0.39 is 11.1 Å². The number of aromatic amines is 1. The van der Waals surface area contributed by atoms with Gasteiger partial charge in [-0.1, -0.05) is 32.1 Å². The van der Waals surface area contributed by atoms with Crippen LogP contribution in [0.3, 0.4) is 0 Å². The second kappa shape index (κ2) is 9.82. The predicted octanol–water partition coefficient (Wildman–Crippen LogP) is 4.43. The van der Waals surface area contributed by atoms with Crippen LogP contribution in [-0.4, -0.2) is 46.7 Å². The van der Waals surface area contributed by atoms with Crippen LogP contribution < -0.4 is 16.0 Å². The Kier molecular flexibility index (Phi) is 6.67. The molecule has 0 unspecified atom stereocenters. The first-order valence-electron chi connectivity index (χ1n) is 13.0. The third kappa shape index (κ3) is 4.52. The highest BCUT2D eigenvalue weighted by Gasteiger charge is 2.28. The number of likely N-dealkylation sites (tertiary alicyclic amines) is 1. The summed E-state index contributed by atoms with van der Waals surface area (Å²) in [7, 11) is 0. The van der Waals surface area contributed by atoms with Gasteiger partial charge in [0.25, 0.3) is 0 Å². The van der Waals surface area contributed by atoms with E-state index in [4.69, 9.17) is 0 Å². The van der Waals surface area contributed by atoms with Crippen LogP contribution in [0.25, 0.3) is 11.0 Å².